The van der Waals surface area contributed by atoms with Gasteiger partial charge in [0.2, 0.25) is 12.5 Å². The maximum atomic E-state index is 12.9. The Balaban J connectivity index is 1.35. The van der Waals surface area contributed by atoms with Gasteiger partial charge in [-0.25, -0.2) is 0 Å². The summed E-state index contributed by atoms with van der Waals surface area (Å²) < 4.78 is 26.8. The quantitative estimate of drug-likeness (QED) is 0.147. The summed E-state index contributed by atoms with van der Waals surface area (Å²) >= 11 is 0. The van der Waals surface area contributed by atoms with Gasteiger partial charge in [-0.2, -0.15) is 0 Å². The molecular weight excluding hydrogens is 542 g/mol. The maximum Gasteiger partial charge on any atom is 0.308 e. The number of nitrogens with one attached hydrogen (secondary N) is 1. The summed E-state index contributed by atoms with van der Waals surface area (Å²) in [7, 11) is 0. The summed E-state index contributed by atoms with van der Waals surface area (Å²) in [5.74, 6) is -3.40. The molecule has 9 N–H and O–H groups in total. The van der Waals surface area contributed by atoms with E-state index in [2.05, 4.69) is 5.32 Å². The number of phenols is 1. The van der Waals surface area contributed by atoms with E-state index in [1.807, 2.05) is 0 Å². The first-order valence-electron chi connectivity index (χ1n) is 12.6. The van der Waals surface area contributed by atoms with Crippen LogP contribution in [0.15, 0.2) is 6.07 Å². The van der Waals surface area contributed by atoms with Crippen molar-refractivity contribution in [2.75, 3.05) is 13.4 Å². The highest BCUT2D eigenvalue weighted by Gasteiger charge is 2.56. The van der Waals surface area contributed by atoms with Crippen molar-refractivity contribution < 1.29 is 74.1 Å². The van der Waals surface area contributed by atoms with E-state index in [4.69, 9.17) is 23.7 Å². The molecule has 0 radical (unpaired) electrons. The molecule has 0 aromatic heterocycles. The second-order valence-electron chi connectivity index (χ2n) is 10.2. The van der Waals surface area contributed by atoms with Crippen LogP contribution in [-0.4, -0.2) is 133 Å². The number of phenolic OH excluding ortho intramolecular Hbond substituents is 1. The van der Waals surface area contributed by atoms with Gasteiger partial charge in [0, 0.05) is 5.92 Å². The number of carbonyl (C=O) groups excluding carboxylic acids is 2. The van der Waals surface area contributed by atoms with Gasteiger partial charge in [0.05, 0.1) is 30.7 Å². The summed E-state index contributed by atoms with van der Waals surface area (Å²) in [6.45, 7) is 0.512. The SMILES string of the molecule is C[C@@H](CC(=O)O[C@H]1[C@H](O)[C@@H](O)[C@@H](O)[C@@H]2NC(=O)c3c(cc4c(c3O)OCO4)[C@H]21)O[C@@H]1O[C@H](CO)[C@@H](O)[C@H](O)[C@H]1O. The van der Waals surface area contributed by atoms with Crippen molar-refractivity contribution in [1.82, 2.24) is 5.32 Å². The zero-order chi connectivity index (χ0) is 29.0. The lowest BCUT2D eigenvalue weighted by Crippen LogP contribution is -2.67. The minimum Gasteiger partial charge on any atom is -0.504 e. The molecule has 1 saturated heterocycles. The van der Waals surface area contributed by atoms with Crippen molar-refractivity contribution in [3.8, 4) is 17.2 Å². The molecule has 1 aromatic carbocycles. The third-order valence-electron chi connectivity index (χ3n) is 7.63. The van der Waals surface area contributed by atoms with Crippen LogP contribution in [0.1, 0.15) is 35.2 Å². The third-order valence-corrected chi connectivity index (χ3v) is 7.63. The molecule has 1 saturated carbocycles. The Morgan fingerprint density at radius 1 is 1.05 bits per heavy atom. The molecule has 16 nitrogen and oxygen atoms in total. The minimum atomic E-state index is -1.81. The molecule has 4 aliphatic rings. The molecule has 0 unspecified atom stereocenters. The van der Waals surface area contributed by atoms with Gasteiger partial charge in [-0.05, 0) is 18.6 Å². The Kier molecular flexibility index (Phi) is 7.81. The van der Waals surface area contributed by atoms with Crippen LogP contribution in [0.4, 0.5) is 0 Å². The highest BCUT2D eigenvalue weighted by Crippen LogP contribution is 2.50. The zero-order valence-electron chi connectivity index (χ0n) is 21.1. The van der Waals surface area contributed by atoms with Gasteiger partial charge in [-0.1, -0.05) is 0 Å². The summed E-state index contributed by atoms with van der Waals surface area (Å²) in [5, 5.41) is 84.4. The number of aliphatic hydroxyl groups excluding tert-OH is 7. The number of fused-ring (bicyclic) bond motifs is 4. The Labute approximate surface area is 226 Å². The van der Waals surface area contributed by atoms with Gasteiger partial charge in [0.1, 0.15) is 48.8 Å². The molecule has 3 heterocycles. The van der Waals surface area contributed by atoms with Crippen molar-refractivity contribution >= 4 is 11.9 Å². The molecule has 2 fully saturated rings. The summed E-state index contributed by atoms with van der Waals surface area (Å²) in [6.07, 6.45) is -16.0. The van der Waals surface area contributed by atoms with E-state index in [9.17, 15) is 50.4 Å². The fourth-order valence-corrected chi connectivity index (χ4v) is 5.59. The first-order chi connectivity index (χ1) is 18.9. The Hall–Kier alpha value is -2.80. The van der Waals surface area contributed by atoms with Crippen LogP contribution in [0.3, 0.4) is 0 Å². The monoisotopic (exact) mass is 573 g/mol. The number of hydrogen-bond acceptors (Lipinski definition) is 15. The molecule has 3 aliphatic heterocycles. The molecule has 0 spiro atoms. The summed E-state index contributed by atoms with van der Waals surface area (Å²) in [5.41, 5.74) is -0.148. The topological polar surface area (TPSA) is 254 Å². The third kappa shape index (κ3) is 4.74. The lowest BCUT2D eigenvalue weighted by Gasteiger charge is -2.48. The molecule has 222 valence electrons. The van der Waals surface area contributed by atoms with E-state index in [1.165, 1.54) is 13.0 Å². The van der Waals surface area contributed by atoms with E-state index >= 15 is 0 Å². The first-order valence-corrected chi connectivity index (χ1v) is 12.6. The first kappa shape index (κ1) is 28.7. The highest BCUT2D eigenvalue weighted by atomic mass is 16.7. The molecule has 0 bridgehead atoms. The molecule has 1 aliphatic carbocycles. The zero-order valence-corrected chi connectivity index (χ0v) is 21.1. The average molecular weight is 574 g/mol. The van der Waals surface area contributed by atoms with Crippen molar-refractivity contribution in [1.29, 1.82) is 0 Å². The number of rotatable bonds is 6. The number of aromatic hydroxyl groups is 1. The van der Waals surface area contributed by atoms with E-state index in [0.717, 1.165) is 0 Å². The lowest BCUT2D eigenvalue weighted by molar-refractivity contribution is -0.310. The largest absolute Gasteiger partial charge is 0.504 e. The number of esters is 1. The van der Waals surface area contributed by atoms with Gasteiger partial charge >= 0.3 is 5.97 Å². The Morgan fingerprint density at radius 3 is 2.45 bits per heavy atom. The average Bonchev–Trinajstić information content (AvgIpc) is 3.39. The van der Waals surface area contributed by atoms with E-state index in [1.54, 1.807) is 0 Å². The second-order valence-corrected chi connectivity index (χ2v) is 10.2. The summed E-state index contributed by atoms with van der Waals surface area (Å²) in [6, 6.07) is 0.148. The smallest absolute Gasteiger partial charge is 0.308 e. The fraction of sp³-hybridized carbons (Fsp3) is 0.667. The van der Waals surface area contributed by atoms with Crippen LogP contribution in [0, 0.1) is 0 Å². The molecule has 16 heteroatoms. The standard InChI is InChI=1S/C24H31NO15/c1-6(38-24-20(34)17(31)14(28)9(4-26)39-24)2-10(27)40-22-11-7-3-8-21(37-5-36-8)15(29)12(7)23(35)25-13(11)16(30)18(32)19(22)33/h3,6,9,11,13-14,16-20,22,24,26,28-34H,2,4-5H2,1H3,(H,25,35)/t6-,9+,11+,13+,14+,16-,17-,18-,19+,20+,22+,24+/m0/s1. The van der Waals surface area contributed by atoms with Crippen LogP contribution in [-0.2, 0) is 19.0 Å². The van der Waals surface area contributed by atoms with Crippen LogP contribution >= 0.6 is 0 Å². The van der Waals surface area contributed by atoms with E-state index in [0.29, 0.717) is 0 Å². The van der Waals surface area contributed by atoms with Crippen LogP contribution in [0.25, 0.3) is 0 Å². The van der Waals surface area contributed by atoms with Gasteiger partial charge in [-0.15, -0.1) is 0 Å². The molecule has 1 amide bonds. The highest BCUT2D eigenvalue weighted by molar-refractivity contribution is 6.01. The predicted molar refractivity (Wildman–Crippen MR) is 125 cm³/mol. The Morgan fingerprint density at radius 2 is 1.75 bits per heavy atom. The van der Waals surface area contributed by atoms with Gasteiger partial charge in [0.25, 0.3) is 5.91 Å². The van der Waals surface area contributed by atoms with Crippen LogP contribution < -0.4 is 14.8 Å². The number of amides is 1. The summed E-state index contributed by atoms with van der Waals surface area (Å²) in [4.78, 5) is 25.8. The minimum absolute atomic E-state index is 0.0722. The normalized spacial score (nSPS) is 39.1. The maximum absolute atomic E-state index is 12.9. The number of aliphatic hydroxyl groups is 7. The van der Waals surface area contributed by atoms with E-state index < -0.39 is 104 Å². The number of benzene rings is 1. The fourth-order valence-electron chi connectivity index (χ4n) is 5.59. The molecule has 1 aromatic rings. The van der Waals surface area contributed by atoms with Crippen molar-refractivity contribution in [3.05, 3.63) is 17.2 Å². The van der Waals surface area contributed by atoms with Crippen molar-refractivity contribution in [2.45, 2.75) is 86.5 Å². The van der Waals surface area contributed by atoms with Crippen molar-refractivity contribution in [2.24, 2.45) is 0 Å². The van der Waals surface area contributed by atoms with E-state index in [-0.39, 0.29) is 29.4 Å². The molecular formula is C24H31NO15. The van der Waals surface area contributed by atoms with Crippen LogP contribution in [0.2, 0.25) is 0 Å². The van der Waals surface area contributed by atoms with Crippen molar-refractivity contribution in [3.63, 3.8) is 0 Å². The molecule has 5 rings (SSSR count). The molecule has 12 atom stereocenters. The van der Waals surface area contributed by atoms with Gasteiger partial charge in [-0.3, -0.25) is 9.59 Å². The van der Waals surface area contributed by atoms with Gasteiger partial charge in [0.15, 0.2) is 17.8 Å². The van der Waals surface area contributed by atoms with Crippen LogP contribution in [0.5, 0.6) is 17.2 Å². The van der Waals surface area contributed by atoms with Gasteiger partial charge < -0.3 is 69.9 Å². The Bertz CT molecular complexity index is 1150. The lowest BCUT2D eigenvalue weighted by atomic mass is 9.70. The number of carbonyl (C=O) groups is 2. The number of hydrogen-bond donors (Lipinski definition) is 9. The number of ether oxygens (including phenoxy) is 5. The molecule has 40 heavy (non-hydrogen) atoms. The second kappa shape index (κ2) is 10.9. The predicted octanol–water partition coefficient (Wildman–Crippen LogP) is -4.08.